The first-order valence-corrected chi connectivity index (χ1v) is 5.32. The minimum atomic E-state index is -5.00. The first kappa shape index (κ1) is 16.6. The molecule has 0 aliphatic heterocycles. The molecule has 0 aliphatic carbocycles. The zero-order chi connectivity index (χ0) is 13.0. The van der Waals surface area contributed by atoms with Gasteiger partial charge in [0.2, 0.25) is 0 Å². The molecule has 19 heavy (non-hydrogen) atoms. The van der Waals surface area contributed by atoms with E-state index in [9.17, 15) is 12.9 Å². The van der Waals surface area contributed by atoms with Gasteiger partial charge in [-0.15, -0.1) is 5.46 Å². The quantitative estimate of drug-likeness (QED) is 0.598. The summed E-state index contributed by atoms with van der Waals surface area (Å²) in [7, 11) is 0. The Labute approximate surface area is 151 Å². The second-order valence-corrected chi connectivity index (χ2v) is 3.71. The Hall–Kier alpha value is -0.469. The fraction of sp³-hybridized carbons (Fsp3) is 0. The predicted molar refractivity (Wildman–Crippen MR) is 65.8 cm³/mol. The molecule has 2 rings (SSSR count). The van der Waals surface area contributed by atoms with Gasteiger partial charge in [-0.2, -0.15) is 10.2 Å². The number of azo groups is 1. The third-order valence-corrected chi connectivity index (χ3v) is 2.29. The number of hydrogen-bond donors (Lipinski definition) is 0. The molecule has 2 aromatic carbocycles. The standard InChI is InChI=1S/C12H9BF3N2.K/c14-13(15,16)10-5-4-8-12(9-10)18-17-11-6-2-1-3-7-11;/h1-9H;/q-1;+1. The van der Waals surface area contributed by atoms with Gasteiger partial charge in [-0.1, -0.05) is 36.4 Å². The van der Waals surface area contributed by atoms with Gasteiger partial charge in [0.1, 0.15) is 0 Å². The van der Waals surface area contributed by atoms with E-state index >= 15 is 0 Å². The van der Waals surface area contributed by atoms with E-state index < -0.39 is 12.4 Å². The Morgan fingerprint density at radius 2 is 1.32 bits per heavy atom. The average molecular weight is 288 g/mol. The average Bonchev–Trinajstić information content (AvgIpc) is 2.37. The van der Waals surface area contributed by atoms with Crippen molar-refractivity contribution in [2.45, 2.75) is 0 Å². The van der Waals surface area contributed by atoms with Crippen molar-refractivity contribution in [2.75, 3.05) is 0 Å². The summed E-state index contributed by atoms with van der Waals surface area (Å²) in [5.74, 6) is 0. The molecular weight excluding hydrogens is 279 g/mol. The van der Waals surface area contributed by atoms with Crippen LogP contribution < -0.4 is 56.8 Å². The van der Waals surface area contributed by atoms with Gasteiger partial charge < -0.3 is 12.9 Å². The van der Waals surface area contributed by atoms with Gasteiger partial charge in [-0.05, 0) is 18.2 Å². The summed E-state index contributed by atoms with van der Waals surface area (Å²) in [6, 6.07) is 13.7. The van der Waals surface area contributed by atoms with Gasteiger partial charge >= 0.3 is 58.4 Å². The zero-order valence-corrected chi connectivity index (χ0v) is 13.4. The van der Waals surface area contributed by atoms with Crippen LogP contribution in [0.4, 0.5) is 24.3 Å². The van der Waals surface area contributed by atoms with Gasteiger partial charge in [-0.3, -0.25) is 0 Å². The van der Waals surface area contributed by atoms with E-state index in [-0.39, 0.29) is 57.1 Å². The SMILES string of the molecule is F[B-](F)(F)c1cccc(N=Nc2ccccc2)c1.[K+]. The summed E-state index contributed by atoms with van der Waals surface area (Å²) in [5.41, 5.74) is 0.121. The summed E-state index contributed by atoms with van der Waals surface area (Å²) in [4.78, 5) is 0. The Balaban J connectivity index is 0.00000180. The molecule has 0 spiro atoms. The fourth-order valence-corrected chi connectivity index (χ4v) is 1.40. The van der Waals surface area contributed by atoms with Crippen LogP contribution in [-0.2, 0) is 0 Å². The summed E-state index contributed by atoms with van der Waals surface area (Å²) in [6.07, 6.45) is 0. The van der Waals surface area contributed by atoms with Crippen LogP contribution in [0.1, 0.15) is 0 Å². The van der Waals surface area contributed by atoms with Crippen molar-refractivity contribution in [1.29, 1.82) is 0 Å². The van der Waals surface area contributed by atoms with Crippen molar-refractivity contribution in [3.8, 4) is 0 Å². The van der Waals surface area contributed by atoms with Gasteiger partial charge in [0, 0.05) is 0 Å². The predicted octanol–water partition coefficient (Wildman–Crippen LogP) is 1.16. The molecule has 7 heteroatoms. The number of nitrogens with zero attached hydrogens (tertiary/aromatic N) is 2. The van der Waals surface area contributed by atoms with Crippen molar-refractivity contribution in [3.63, 3.8) is 0 Å². The second kappa shape index (κ2) is 7.35. The smallest absolute Gasteiger partial charge is 0.445 e. The van der Waals surface area contributed by atoms with Crippen molar-refractivity contribution in [3.05, 3.63) is 54.6 Å². The Morgan fingerprint density at radius 1 is 0.737 bits per heavy atom. The summed E-state index contributed by atoms with van der Waals surface area (Å²) < 4.78 is 37.6. The topological polar surface area (TPSA) is 24.7 Å². The Morgan fingerprint density at radius 3 is 1.95 bits per heavy atom. The molecule has 0 aromatic heterocycles. The molecule has 2 nitrogen and oxygen atoms in total. The molecule has 0 N–H and O–H groups in total. The third-order valence-electron chi connectivity index (χ3n) is 2.29. The van der Waals surface area contributed by atoms with Crippen LogP contribution >= 0.6 is 0 Å². The number of rotatable bonds is 3. The normalized spacial score (nSPS) is 11.3. The third kappa shape index (κ3) is 5.20. The molecule has 0 radical (unpaired) electrons. The minimum Gasteiger partial charge on any atom is -0.445 e. The molecule has 0 aliphatic rings. The van der Waals surface area contributed by atoms with E-state index in [1.54, 1.807) is 24.3 Å². The van der Waals surface area contributed by atoms with Crippen LogP contribution in [0.3, 0.4) is 0 Å². The maximum Gasteiger partial charge on any atom is 1.00 e. The van der Waals surface area contributed by atoms with Crippen LogP contribution in [-0.4, -0.2) is 6.98 Å². The molecule has 0 atom stereocenters. The molecule has 92 valence electrons. The molecule has 0 unspecified atom stereocenters. The fourth-order valence-electron chi connectivity index (χ4n) is 1.40. The van der Waals surface area contributed by atoms with Crippen LogP contribution in [0.2, 0.25) is 0 Å². The summed E-state index contributed by atoms with van der Waals surface area (Å²) >= 11 is 0. The van der Waals surface area contributed by atoms with Gasteiger partial charge in [0.05, 0.1) is 11.4 Å². The number of benzene rings is 2. The molecule has 0 saturated heterocycles. The molecule has 0 bridgehead atoms. The van der Waals surface area contributed by atoms with Crippen molar-refractivity contribution >= 4 is 23.8 Å². The largest absolute Gasteiger partial charge is 1.00 e. The summed E-state index contributed by atoms with van der Waals surface area (Å²) in [6.45, 7) is -5.00. The van der Waals surface area contributed by atoms with Crippen molar-refractivity contribution in [2.24, 2.45) is 10.2 Å². The minimum absolute atomic E-state index is 0. The summed E-state index contributed by atoms with van der Waals surface area (Å²) in [5, 5.41) is 7.65. The van der Waals surface area contributed by atoms with Crippen molar-refractivity contribution in [1.82, 2.24) is 0 Å². The molecule has 0 fully saturated rings. The molecule has 0 saturated carbocycles. The van der Waals surface area contributed by atoms with E-state index in [4.69, 9.17) is 0 Å². The monoisotopic (exact) mass is 288 g/mol. The number of hydrogen-bond acceptors (Lipinski definition) is 2. The molecule has 2 aromatic rings. The first-order valence-electron chi connectivity index (χ1n) is 5.32. The molecule has 0 heterocycles. The van der Waals surface area contributed by atoms with Gasteiger partial charge in [0.25, 0.3) is 0 Å². The van der Waals surface area contributed by atoms with Crippen LogP contribution in [0, 0.1) is 0 Å². The second-order valence-electron chi connectivity index (χ2n) is 3.71. The number of halogens is 3. The Kier molecular flexibility index (Phi) is 6.42. The zero-order valence-electron chi connectivity index (χ0n) is 10.3. The van der Waals surface area contributed by atoms with Crippen LogP contribution in [0.5, 0.6) is 0 Å². The first-order chi connectivity index (χ1) is 8.55. The van der Waals surface area contributed by atoms with E-state index in [0.717, 1.165) is 12.1 Å². The van der Waals surface area contributed by atoms with Crippen molar-refractivity contribution < 1.29 is 64.3 Å². The van der Waals surface area contributed by atoms with E-state index in [1.165, 1.54) is 12.1 Å². The van der Waals surface area contributed by atoms with E-state index in [0.29, 0.717) is 5.69 Å². The van der Waals surface area contributed by atoms with E-state index in [1.807, 2.05) is 6.07 Å². The molecule has 0 amide bonds. The molecular formula is C12H9BF3KN2. The maximum atomic E-state index is 12.5. The van der Waals surface area contributed by atoms with Gasteiger partial charge in [0.15, 0.2) is 0 Å². The Bertz CT molecular complexity index is 558. The van der Waals surface area contributed by atoms with Crippen LogP contribution in [0.15, 0.2) is 64.8 Å². The van der Waals surface area contributed by atoms with Crippen LogP contribution in [0.25, 0.3) is 0 Å². The van der Waals surface area contributed by atoms with Gasteiger partial charge in [-0.25, -0.2) is 0 Å². The maximum absolute atomic E-state index is 12.5. The van der Waals surface area contributed by atoms with E-state index in [2.05, 4.69) is 10.2 Å².